The molecule has 0 aromatic heterocycles. The Hall–Kier alpha value is 0.0500. The topological polar surface area (TPSA) is 20.2 Å². The molecule has 0 radical (unpaired) electrons. The van der Waals surface area contributed by atoms with Gasteiger partial charge in [-0.15, -0.1) is 6.58 Å². The Balaban J connectivity index is 3.16. The van der Waals surface area contributed by atoms with E-state index in [1.807, 2.05) is 6.26 Å². The van der Waals surface area contributed by atoms with Crippen LogP contribution in [0.5, 0.6) is 0 Å². The fraction of sp³-hybridized carbons (Fsp3) is 0.600. The lowest BCUT2D eigenvalue weighted by atomic mass is 10.4. The minimum absolute atomic E-state index is 0.199. The van der Waals surface area contributed by atoms with Gasteiger partial charge in [-0.2, -0.15) is 11.8 Å². The molecule has 1 N–H and O–H groups in total. The van der Waals surface area contributed by atoms with Crippen molar-refractivity contribution in [2.45, 2.75) is 5.25 Å². The van der Waals surface area contributed by atoms with Crippen LogP contribution in [0.2, 0.25) is 0 Å². The molecular weight excluding hydrogens is 108 g/mol. The molecule has 0 amide bonds. The highest BCUT2D eigenvalue weighted by Crippen LogP contribution is 2.04. The van der Waals surface area contributed by atoms with Crippen LogP contribution in [0.4, 0.5) is 0 Å². The minimum atomic E-state index is 0.199. The van der Waals surface area contributed by atoms with E-state index in [9.17, 15) is 0 Å². The number of thioether (sulfide) groups is 1. The molecule has 0 spiro atoms. The van der Waals surface area contributed by atoms with E-state index in [4.69, 9.17) is 5.11 Å². The van der Waals surface area contributed by atoms with Crippen LogP contribution in [0.3, 0.4) is 0 Å². The molecule has 42 valence electrons. The fourth-order valence-electron chi connectivity index (χ4n) is 0.245. The molecule has 0 heterocycles. The Morgan fingerprint density at radius 3 is 2.57 bits per heavy atom. The lowest BCUT2D eigenvalue weighted by Crippen LogP contribution is -2.01. The Morgan fingerprint density at radius 1 is 2.00 bits per heavy atom. The number of aliphatic hydroxyl groups excluding tert-OH is 1. The maximum absolute atomic E-state index is 8.43. The van der Waals surface area contributed by atoms with Crippen LogP contribution in [0, 0.1) is 0 Å². The van der Waals surface area contributed by atoms with E-state index in [2.05, 4.69) is 6.58 Å². The number of rotatable bonds is 3. The number of aliphatic hydroxyl groups is 1. The van der Waals surface area contributed by atoms with Gasteiger partial charge in [0.25, 0.3) is 0 Å². The highest BCUT2D eigenvalue weighted by atomic mass is 32.2. The molecule has 0 aliphatic heterocycles. The molecule has 0 aliphatic rings. The first kappa shape index (κ1) is 7.05. The molecule has 1 unspecified atom stereocenters. The third kappa shape index (κ3) is 2.71. The van der Waals surface area contributed by atoms with Crippen molar-refractivity contribution in [3.05, 3.63) is 12.7 Å². The van der Waals surface area contributed by atoms with E-state index in [1.165, 1.54) is 0 Å². The van der Waals surface area contributed by atoms with Gasteiger partial charge in [-0.3, -0.25) is 0 Å². The normalized spacial score (nSPS) is 13.4. The van der Waals surface area contributed by atoms with E-state index in [1.54, 1.807) is 17.8 Å². The van der Waals surface area contributed by atoms with E-state index in [0.717, 1.165) is 0 Å². The van der Waals surface area contributed by atoms with E-state index in [-0.39, 0.29) is 11.9 Å². The maximum atomic E-state index is 8.43. The van der Waals surface area contributed by atoms with Crippen LogP contribution in [0.25, 0.3) is 0 Å². The van der Waals surface area contributed by atoms with Gasteiger partial charge in [0.05, 0.1) is 6.61 Å². The first-order valence-electron chi connectivity index (χ1n) is 2.11. The average Bonchev–Trinajstić information content (AvgIpc) is 1.72. The molecule has 1 nitrogen and oxygen atoms in total. The largest absolute Gasteiger partial charge is 0.395 e. The first-order chi connectivity index (χ1) is 3.35. The second-order valence-corrected chi connectivity index (χ2v) is 2.27. The molecule has 0 aliphatic carbocycles. The molecule has 0 aromatic rings. The summed E-state index contributed by atoms with van der Waals surface area (Å²) in [5.74, 6) is 0. The zero-order chi connectivity index (χ0) is 5.70. The van der Waals surface area contributed by atoms with Crippen molar-refractivity contribution >= 4 is 11.8 Å². The summed E-state index contributed by atoms with van der Waals surface area (Å²) >= 11 is 1.60. The summed E-state index contributed by atoms with van der Waals surface area (Å²) in [6.45, 7) is 3.72. The number of hydrogen-bond acceptors (Lipinski definition) is 2. The summed E-state index contributed by atoms with van der Waals surface area (Å²) in [5, 5.41) is 8.66. The standard InChI is InChI=1S/C5H10OS/c1-3-5(4-6)7-2/h3,5-6H,1,4H2,2H3. The summed E-state index contributed by atoms with van der Waals surface area (Å²) < 4.78 is 0. The quantitative estimate of drug-likeness (QED) is 0.555. The van der Waals surface area contributed by atoms with Crippen molar-refractivity contribution in [3.8, 4) is 0 Å². The van der Waals surface area contributed by atoms with Gasteiger partial charge < -0.3 is 5.11 Å². The molecule has 0 aromatic carbocycles. The van der Waals surface area contributed by atoms with Crippen molar-refractivity contribution in [1.82, 2.24) is 0 Å². The maximum Gasteiger partial charge on any atom is 0.0584 e. The van der Waals surface area contributed by atoms with E-state index >= 15 is 0 Å². The molecule has 2 heteroatoms. The molecule has 0 saturated heterocycles. The smallest absolute Gasteiger partial charge is 0.0584 e. The Bertz CT molecular complexity index is 50.0. The van der Waals surface area contributed by atoms with Gasteiger partial charge >= 0.3 is 0 Å². The Kier molecular flexibility index (Phi) is 4.25. The Morgan fingerprint density at radius 2 is 2.57 bits per heavy atom. The van der Waals surface area contributed by atoms with Crippen molar-refractivity contribution in [2.24, 2.45) is 0 Å². The highest BCUT2D eigenvalue weighted by molar-refractivity contribution is 7.99. The molecule has 7 heavy (non-hydrogen) atoms. The fourth-order valence-corrected chi connectivity index (χ4v) is 0.587. The number of hydrogen-bond donors (Lipinski definition) is 1. The second kappa shape index (κ2) is 4.22. The summed E-state index contributed by atoms with van der Waals surface area (Å²) in [4.78, 5) is 0. The zero-order valence-electron chi connectivity index (χ0n) is 4.42. The van der Waals surface area contributed by atoms with Crippen molar-refractivity contribution in [1.29, 1.82) is 0 Å². The zero-order valence-corrected chi connectivity index (χ0v) is 5.24. The van der Waals surface area contributed by atoms with E-state index in [0.29, 0.717) is 0 Å². The average molecular weight is 118 g/mol. The molecule has 0 saturated carbocycles. The van der Waals surface area contributed by atoms with Gasteiger partial charge in [0.15, 0.2) is 0 Å². The van der Waals surface area contributed by atoms with Gasteiger partial charge in [0.1, 0.15) is 0 Å². The Labute approximate surface area is 48.4 Å². The van der Waals surface area contributed by atoms with Crippen molar-refractivity contribution < 1.29 is 5.11 Å². The molecule has 1 atom stereocenters. The van der Waals surface area contributed by atoms with Crippen LogP contribution in [0.1, 0.15) is 0 Å². The molecule has 0 rings (SSSR count). The monoisotopic (exact) mass is 118 g/mol. The van der Waals surface area contributed by atoms with Gasteiger partial charge in [-0.05, 0) is 6.26 Å². The van der Waals surface area contributed by atoms with Crippen molar-refractivity contribution in [2.75, 3.05) is 12.9 Å². The summed E-state index contributed by atoms with van der Waals surface area (Å²) in [5.41, 5.74) is 0. The summed E-state index contributed by atoms with van der Waals surface area (Å²) in [6, 6.07) is 0. The van der Waals surface area contributed by atoms with Crippen LogP contribution in [-0.2, 0) is 0 Å². The lowest BCUT2D eigenvalue weighted by molar-refractivity contribution is 0.307. The van der Waals surface area contributed by atoms with Gasteiger partial charge in [0, 0.05) is 5.25 Å². The van der Waals surface area contributed by atoms with Crippen LogP contribution < -0.4 is 0 Å². The van der Waals surface area contributed by atoms with Crippen LogP contribution in [0.15, 0.2) is 12.7 Å². The molecule has 0 bridgehead atoms. The SMILES string of the molecule is C=CC(CO)SC. The van der Waals surface area contributed by atoms with E-state index < -0.39 is 0 Å². The molecule has 0 fully saturated rings. The first-order valence-corrected chi connectivity index (χ1v) is 3.40. The van der Waals surface area contributed by atoms with Gasteiger partial charge in [-0.25, -0.2) is 0 Å². The summed E-state index contributed by atoms with van der Waals surface area (Å²) in [6.07, 6.45) is 3.69. The lowest BCUT2D eigenvalue weighted by Gasteiger charge is -2.00. The van der Waals surface area contributed by atoms with Crippen LogP contribution >= 0.6 is 11.8 Å². The minimum Gasteiger partial charge on any atom is -0.395 e. The van der Waals surface area contributed by atoms with Crippen LogP contribution in [-0.4, -0.2) is 23.2 Å². The highest BCUT2D eigenvalue weighted by Gasteiger charge is 1.94. The van der Waals surface area contributed by atoms with Gasteiger partial charge in [0.2, 0.25) is 0 Å². The molecular formula is C5H10OS. The predicted molar refractivity (Wildman–Crippen MR) is 34.6 cm³/mol. The van der Waals surface area contributed by atoms with Gasteiger partial charge in [-0.1, -0.05) is 6.08 Å². The third-order valence-corrected chi connectivity index (χ3v) is 1.69. The summed E-state index contributed by atoms with van der Waals surface area (Å²) in [7, 11) is 0. The predicted octanol–water partition coefficient (Wildman–Crippen LogP) is 0.896. The third-order valence-electron chi connectivity index (χ3n) is 0.746. The van der Waals surface area contributed by atoms with Crippen molar-refractivity contribution in [3.63, 3.8) is 0 Å². The second-order valence-electron chi connectivity index (χ2n) is 1.19.